The number of carbonyl (C=O) groups is 1. The summed E-state index contributed by atoms with van der Waals surface area (Å²) in [5.41, 5.74) is -0.161. The first-order valence-corrected chi connectivity index (χ1v) is 11.4. The zero-order valence-corrected chi connectivity index (χ0v) is 18.5. The Hall–Kier alpha value is -2.07. The lowest BCUT2D eigenvalue weighted by molar-refractivity contribution is -0.148. The van der Waals surface area contributed by atoms with Gasteiger partial charge in [0.1, 0.15) is 0 Å². The molecule has 0 fully saturated rings. The summed E-state index contributed by atoms with van der Waals surface area (Å²) in [4.78, 5) is 12.0. The van der Waals surface area contributed by atoms with Gasteiger partial charge >= 0.3 is 12.1 Å². The minimum Gasteiger partial charge on any atom is -0.466 e. The van der Waals surface area contributed by atoms with Gasteiger partial charge in [-0.15, -0.1) is 0 Å². The number of halogens is 4. The van der Waals surface area contributed by atoms with Crippen molar-refractivity contribution in [3.63, 3.8) is 0 Å². The summed E-state index contributed by atoms with van der Waals surface area (Å²) in [5.74, 6) is -1.35. The number of esters is 1. The van der Waals surface area contributed by atoms with E-state index in [2.05, 4.69) is 15.9 Å². The lowest BCUT2D eigenvalue weighted by atomic mass is 9.88. The lowest BCUT2D eigenvalue weighted by Gasteiger charge is -2.40. The molecule has 0 N–H and O–H groups in total. The van der Waals surface area contributed by atoms with Crippen LogP contribution in [0.5, 0.6) is 0 Å². The third-order valence-corrected chi connectivity index (χ3v) is 7.37. The van der Waals surface area contributed by atoms with Gasteiger partial charge in [0.05, 0.1) is 34.7 Å². The van der Waals surface area contributed by atoms with Crippen molar-refractivity contribution in [1.29, 1.82) is 0 Å². The molecule has 1 aliphatic heterocycles. The van der Waals surface area contributed by atoms with Gasteiger partial charge in [0.2, 0.25) is 0 Å². The fourth-order valence-electron chi connectivity index (χ4n) is 3.55. The Morgan fingerprint density at radius 2 is 1.93 bits per heavy atom. The Morgan fingerprint density at radius 3 is 2.57 bits per heavy atom. The van der Waals surface area contributed by atoms with E-state index in [1.807, 2.05) is 0 Å². The van der Waals surface area contributed by atoms with Gasteiger partial charge in [-0.1, -0.05) is 22.0 Å². The van der Waals surface area contributed by atoms with Crippen LogP contribution in [0.15, 0.2) is 51.8 Å². The highest BCUT2D eigenvalue weighted by molar-refractivity contribution is 9.10. The second-order valence-electron chi connectivity index (χ2n) is 6.90. The third kappa shape index (κ3) is 4.20. The Morgan fingerprint density at radius 1 is 1.23 bits per heavy atom. The predicted octanol–water partition coefficient (Wildman–Crippen LogP) is 4.79. The highest BCUT2D eigenvalue weighted by Crippen LogP contribution is 2.40. The van der Waals surface area contributed by atoms with Gasteiger partial charge in [0, 0.05) is 4.47 Å². The van der Waals surface area contributed by atoms with Crippen LogP contribution in [0.3, 0.4) is 0 Å². The van der Waals surface area contributed by atoms with E-state index in [1.54, 1.807) is 32.0 Å². The van der Waals surface area contributed by atoms with E-state index in [4.69, 9.17) is 4.74 Å². The number of ether oxygens (including phenoxy) is 1. The number of nitrogens with zero attached hydrogens (tertiary/aromatic N) is 1. The maximum absolute atomic E-state index is 13.4. The summed E-state index contributed by atoms with van der Waals surface area (Å²) in [6.45, 7) is 3.33. The monoisotopic (exact) mass is 505 g/mol. The van der Waals surface area contributed by atoms with Crippen LogP contribution in [0.2, 0.25) is 0 Å². The van der Waals surface area contributed by atoms with Crippen molar-refractivity contribution >= 4 is 37.6 Å². The van der Waals surface area contributed by atoms with Crippen LogP contribution in [-0.2, 0) is 32.2 Å². The number of hydrogen-bond acceptors (Lipinski definition) is 4. The van der Waals surface area contributed by atoms with Crippen LogP contribution in [0.4, 0.5) is 18.9 Å². The van der Waals surface area contributed by atoms with Crippen molar-refractivity contribution in [2.45, 2.75) is 37.4 Å². The summed E-state index contributed by atoms with van der Waals surface area (Å²) in [6.07, 6.45) is -4.43. The summed E-state index contributed by atoms with van der Waals surface area (Å²) >= 11 is 3.33. The van der Waals surface area contributed by atoms with Crippen molar-refractivity contribution in [1.82, 2.24) is 0 Å². The maximum Gasteiger partial charge on any atom is 0.416 e. The Balaban J connectivity index is 2.16. The molecule has 2 atom stereocenters. The molecule has 0 saturated carbocycles. The number of carbonyl (C=O) groups excluding carboxylic acids is 1. The van der Waals surface area contributed by atoms with Crippen LogP contribution < -0.4 is 4.31 Å². The van der Waals surface area contributed by atoms with Gasteiger partial charge in [-0.2, -0.15) is 13.2 Å². The van der Waals surface area contributed by atoms with E-state index in [-0.39, 0.29) is 13.0 Å². The summed E-state index contributed by atoms with van der Waals surface area (Å²) in [7, 11) is -4.39. The summed E-state index contributed by atoms with van der Waals surface area (Å²) in [6, 6.07) is 7.64. The van der Waals surface area contributed by atoms with E-state index in [9.17, 15) is 26.4 Å². The van der Waals surface area contributed by atoms with Crippen molar-refractivity contribution in [2.24, 2.45) is 5.92 Å². The van der Waals surface area contributed by atoms with Gasteiger partial charge in [-0.25, -0.2) is 8.42 Å². The Kier molecular flexibility index (Phi) is 6.20. The highest BCUT2D eigenvalue weighted by atomic mass is 79.9. The fourth-order valence-corrected chi connectivity index (χ4v) is 5.73. The molecule has 0 aromatic heterocycles. The quantitative estimate of drug-likeness (QED) is 0.560. The van der Waals surface area contributed by atoms with Crippen molar-refractivity contribution in [2.75, 3.05) is 10.9 Å². The molecule has 0 radical (unpaired) electrons. The van der Waals surface area contributed by atoms with Gasteiger partial charge in [-0.05, 0) is 62.2 Å². The van der Waals surface area contributed by atoms with Crippen LogP contribution in [0.25, 0.3) is 0 Å². The lowest BCUT2D eigenvalue weighted by Crippen LogP contribution is -2.49. The first kappa shape index (κ1) is 22.6. The molecule has 0 aliphatic carbocycles. The van der Waals surface area contributed by atoms with E-state index < -0.39 is 44.6 Å². The van der Waals surface area contributed by atoms with E-state index in [0.29, 0.717) is 21.8 Å². The molecular formula is C20H19BrF3NO4S. The molecule has 0 unspecified atom stereocenters. The van der Waals surface area contributed by atoms with Crippen molar-refractivity contribution in [3.8, 4) is 0 Å². The molecule has 2 aromatic rings. The maximum atomic E-state index is 13.4. The number of anilines is 1. The zero-order valence-electron chi connectivity index (χ0n) is 16.1. The third-order valence-electron chi connectivity index (χ3n) is 4.98. The Bertz CT molecular complexity index is 1070. The van der Waals surface area contributed by atoms with E-state index in [0.717, 1.165) is 22.5 Å². The molecule has 0 spiro atoms. The Labute approximate surface area is 181 Å². The van der Waals surface area contributed by atoms with Crippen LogP contribution >= 0.6 is 15.9 Å². The fraction of sp³-hybridized carbons (Fsp3) is 0.350. The predicted molar refractivity (Wildman–Crippen MR) is 109 cm³/mol. The molecule has 1 aliphatic rings. The number of hydrogen-bond donors (Lipinski definition) is 0. The largest absolute Gasteiger partial charge is 0.466 e. The topological polar surface area (TPSA) is 63.7 Å². The minimum absolute atomic E-state index is 0.133. The average molecular weight is 506 g/mol. The number of alkyl halides is 3. The summed E-state index contributed by atoms with van der Waals surface area (Å²) < 4.78 is 73.1. The molecule has 2 aromatic carbocycles. The first-order valence-electron chi connectivity index (χ1n) is 9.13. The van der Waals surface area contributed by atoms with Crippen molar-refractivity contribution in [3.05, 3.63) is 58.1 Å². The minimum atomic E-state index is -4.69. The van der Waals surface area contributed by atoms with Crippen LogP contribution in [0, 0.1) is 5.92 Å². The van der Waals surface area contributed by atoms with Gasteiger partial charge in [-0.3, -0.25) is 9.10 Å². The van der Waals surface area contributed by atoms with E-state index >= 15 is 0 Å². The number of benzene rings is 2. The summed E-state index contributed by atoms with van der Waals surface area (Å²) in [5, 5.41) is 0. The average Bonchev–Trinajstić information content (AvgIpc) is 2.67. The molecule has 0 amide bonds. The standard InChI is InChI=1S/C20H19BrF3NO4S/c1-3-29-19(26)17-10-13-9-15(21)7-8-18(13)25(12(17)2)30(27,28)16-6-4-5-14(11-16)20(22,23)24/h4-9,11-12,17H,3,10H2,1-2H3/t12-,17-/m1/s1. The molecule has 0 bridgehead atoms. The number of fused-ring (bicyclic) bond motifs is 1. The highest BCUT2D eigenvalue weighted by Gasteiger charge is 2.43. The molecule has 162 valence electrons. The first-order chi connectivity index (χ1) is 14.0. The molecular weight excluding hydrogens is 487 g/mol. The molecule has 10 heteroatoms. The van der Waals surface area contributed by atoms with Crippen LogP contribution in [0.1, 0.15) is 25.0 Å². The second-order valence-corrected chi connectivity index (χ2v) is 9.63. The van der Waals surface area contributed by atoms with Crippen LogP contribution in [-0.4, -0.2) is 27.0 Å². The molecule has 0 saturated heterocycles. The molecule has 30 heavy (non-hydrogen) atoms. The number of sulfonamides is 1. The molecule has 3 rings (SSSR count). The molecule has 1 heterocycles. The normalized spacial score (nSPS) is 19.3. The van der Waals surface area contributed by atoms with Gasteiger partial charge in [0.25, 0.3) is 10.0 Å². The smallest absolute Gasteiger partial charge is 0.416 e. The molecule has 5 nitrogen and oxygen atoms in total. The van der Waals surface area contributed by atoms with Gasteiger partial charge in [0.15, 0.2) is 0 Å². The SMILES string of the molecule is CCOC(=O)[C@@H]1Cc2cc(Br)ccc2N(S(=O)(=O)c2cccc(C(F)(F)F)c2)[C@@H]1C. The zero-order chi connectivity index (χ0) is 22.3. The number of rotatable bonds is 4. The van der Waals surface area contributed by atoms with Crippen molar-refractivity contribution < 1.29 is 31.1 Å². The second kappa shape index (κ2) is 8.22. The van der Waals surface area contributed by atoms with E-state index in [1.165, 1.54) is 0 Å². The van der Waals surface area contributed by atoms with Gasteiger partial charge < -0.3 is 4.74 Å².